The third-order valence-corrected chi connectivity index (χ3v) is 5.04. The highest BCUT2D eigenvalue weighted by atomic mass is 15.2. The van der Waals surface area contributed by atoms with Gasteiger partial charge in [0.2, 0.25) is 0 Å². The van der Waals surface area contributed by atoms with E-state index in [1.807, 2.05) is 0 Å². The molecule has 2 rings (SSSR count). The van der Waals surface area contributed by atoms with Crippen LogP contribution in [0.15, 0.2) is 0 Å². The minimum Gasteiger partial charge on any atom is -0.313 e. The van der Waals surface area contributed by atoms with Gasteiger partial charge in [0.05, 0.1) is 0 Å². The summed E-state index contributed by atoms with van der Waals surface area (Å²) in [4.78, 5) is 4.86. The molecule has 0 amide bonds. The Morgan fingerprint density at radius 1 is 0.950 bits per heavy atom. The van der Waals surface area contributed by atoms with Gasteiger partial charge in [0.15, 0.2) is 0 Å². The molecule has 0 bridgehead atoms. The lowest BCUT2D eigenvalue weighted by Crippen LogP contribution is -2.44. The van der Waals surface area contributed by atoms with Gasteiger partial charge < -0.3 is 15.1 Å². The van der Waals surface area contributed by atoms with Crippen molar-refractivity contribution in [1.29, 1.82) is 0 Å². The molecule has 0 aliphatic heterocycles. The minimum atomic E-state index is 0.542. The Balaban J connectivity index is 1.85. The highest BCUT2D eigenvalue weighted by Crippen LogP contribution is 2.36. The van der Waals surface area contributed by atoms with E-state index in [2.05, 4.69) is 36.3 Å². The molecule has 2 fully saturated rings. The van der Waals surface area contributed by atoms with Crippen molar-refractivity contribution in [2.45, 2.75) is 57.4 Å². The van der Waals surface area contributed by atoms with Gasteiger partial charge in [-0.1, -0.05) is 25.7 Å². The number of hydrogen-bond acceptors (Lipinski definition) is 3. The van der Waals surface area contributed by atoms with Crippen LogP contribution in [0.2, 0.25) is 0 Å². The summed E-state index contributed by atoms with van der Waals surface area (Å²) in [5, 5.41) is 3.83. The van der Waals surface area contributed by atoms with Crippen LogP contribution in [0.25, 0.3) is 0 Å². The van der Waals surface area contributed by atoms with Crippen molar-refractivity contribution in [3.8, 4) is 0 Å². The molecule has 2 saturated carbocycles. The first kappa shape index (κ1) is 16.3. The fraction of sp³-hybridized carbons (Fsp3) is 1.00. The first-order chi connectivity index (χ1) is 9.60. The third kappa shape index (κ3) is 5.71. The molecule has 0 radical (unpaired) electrons. The Morgan fingerprint density at radius 3 is 2.15 bits per heavy atom. The second-order valence-corrected chi connectivity index (χ2v) is 7.61. The molecule has 0 saturated heterocycles. The molecule has 1 N–H and O–H groups in total. The highest BCUT2D eigenvalue weighted by molar-refractivity contribution is 4.90. The van der Waals surface area contributed by atoms with Crippen LogP contribution in [-0.2, 0) is 0 Å². The first-order valence-electron chi connectivity index (χ1n) is 8.66. The molecule has 0 heterocycles. The molecular formula is C17H35N3. The van der Waals surface area contributed by atoms with Crippen molar-refractivity contribution >= 4 is 0 Å². The zero-order chi connectivity index (χ0) is 14.4. The average Bonchev–Trinajstić information content (AvgIpc) is 3.22. The Kier molecular flexibility index (Phi) is 6.31. The summed E-state index contributed by atoms with van der Waals surface area (Å²) in [6.07, 6.45) is 11.5. The van der Waals surface area contributed by atoms with Crippen LogP contribution in [0.1, 0.15) is 51.4 Å². The molecule has 3 nitrogen and oxygen atoms in total. The molecule has 0 spiro atoms. The molecule has 2 aliphatic rings. The smallest absolute Gasteiger partial charge is 0.0106 e. The highest BCUT2D eigenvalue weighted by Gasteiger charge is 2.34. The number of likely N-dealkylation sites (N-methyl/N-ethyl adjacent to an activating group) is 2. The van der Waals surface area contributed by atoms with Crippen molar-refractivity contribution < 1.29 is 0 Å². The summed E-state index contributed by atoms with van der Waals surface area (Å²) < 4.78 is 0. The average molecular weight is 281 g/mol. The number of nitrogens with one attached hydrogen (secondary N) is 1. The van der Waals surface area contributed by atoms with Gasteiger partial charge in [0.1, 0.15) is 0 Å². The predicted octanol–water partition coefficient (Wildman–Crippen LogP) is 2.57. The molecule has 0 atom stereocenters. The van der Waals surface area contributed by atoms with Gasteiger partial charge in [-0.2, -0.15) is 0 Å². The summed E-state index contributed by atoms with van der Waals surface area (Å²) >= 11 is 0. The van der Waals surface area contributed by atoms with Gasteiger partial charge in [0, 0.05) is 32.2 Å². The molecular weight excluding hydrogens is 246 g/mol. The van der Waals surface area contributed by atoms with Crippen LogP contribution >= 0.6 is 0 Å². The fourth-order valence-electron chi connectivity index (χ4n) is 3.54. The minimum absolute atomic E-state index is 0.542. The Morgan fingerprint density at radius 2 is 1.60 bits per heavy atom. The number of rotatable bonds is 8. The molecule has 118 valence electrons. The zero-order valence-corrected chi connectivity index (χ0v) is 14.0. The van der Waals surface area contributed by atoms with Crippen LogP contribution in [0.4, 0.5) is 0 Å². The van der Waals surface area contributed by atoms with E-state index in [0.29, 0.717) is 5.41 Å². The Hall–Kier alpha value is -0.120. The number of hydrogen-bond donors (Lipinski definition) is 1. The van der Waals surface area contributed by atoms with Crippen molar-refractivity contribution in [2.75, 3.05) is 47.3 Å². The van der Waals surface area contributed by atoms with Gasteiger partial charge in [0.25, 0.3) is 0 Å². The van der Waals surface area contributed by atoms with E-state index in [9.17, 15) is 0 Å². The molecule has 0 unspecified atom stereocenters. The first-order valence-corrected chi connectivity index (χ1v) is 8.66. The van der Waals surface area contributed by atoms with Crippen molar-refractivity contribution in [3.05, 3.63) is 0 Å². The fourth-order valence-corrected chi connectivity index (χ4v) is 3.54. The van der Waals surface area contributed by atoms with Crippen LogP contribution < -0.4 is 5.32 Å². The van der Waals surface area contributed by atoms with E-state index in [1.54, 1.807) is 0 Å². The van der Waals surface area contributed by atoms with E-state index in [0.717, 1.165) is 6.04 Å². The lowest BCUT2D eigenvalue weighted by atomic mass is 9.79. The largest absolute Gasteiger partial charge is 0.313 e. The maximum Gasteiger partial charge on any atom is 0.0106 e. The lowest BCUT2D eigenvalue weighted by Gasteiger charge is -2.37. The van der Waals surface area contributed by atoms with Gasteiger partial charge in [-0.25, -0.2) is 0 Å². The van der Waals surface area contributed by atoms with E-state index >= 15 is 0 Å². The normalized spacial score (nSPS) is 23.2. The van der Waals surface area contributed by atoms with E-state index in [-0.39, 0.29) is 0 Å². The molecule has 20 heavy (non-hydrogen) atoms. The van der Waals surface area contributed by atoms with E-state index in [4.69, 9.17) is 0 Å². The molecule has 0 aromatic carbocycles. The summed E-state index contributed by atoms with van der Waals surface area (Å²) in [6, 6.07) is 0.849. The lowest BCUT2D eigenvalue weighted by molar-refractivity contribution is 0.139. The third-order valence-electron chi connectivity index (χ3n) is 5.04. The van der Waals surface area contributed by atoms with Gasteiger partial charge >= 0.3 is 0 Å². The summed E-state index contributed by atoms with van der Waals surface area (Å²) in [5.74, 6) is 0. The monoisotopic (exact) mass is 281 g/mol. The van der Waals surface area contributed by atoms with Crippen LogP contribution in [0.5, 0.6) is 0 Å². The Bertz CT molecular complexity index is 265. The van der Waals surface area contributed by atoms with Gasteiger partial charge in [-0.3, -0.25) is 0 Å². The summed E-state index contributed by atoms with van der Waals surface area (Å²) in [6.45, 7) is 4.89. The second-order valence-electron chi connectivity index (χ2n) is 7.61. The molecule has 0 aromatic heterocycles. The van der Waals surface area contributed by atoms with Crippen molar-refractivity contribution in [3.63, 3.8) is 0 Å². The van der Waals surface area contributed by atoms with Crippen molar-refractivity contribution in [1.82, 2.24) is 15.1 Å². The number of nitrogens with zero attached hydrogens (tertiary/aromatic N) is 2. The van der Waals surface area contributed by atoms with Gasteiger partial charge in [-0.05, 0) is 52.2 Å². The van der Waals surface area contributed by atoms with Crippen molar-refractivity contribution in [2.24, 2.45) is 5.41 Å². The van der Waals surface area contributed by atoms with Crippen LogP contribution in [0.3, 0.4) is 0 Å². The van der Waals surface area contributed by atoms with E-state index < -0.39 is 0 Å². The standard InChI is InChI=1S/C17H35N3/c1-19(2)12-13-20(3)15-17(14-18-16-8-9-16)10-6-4-5-7-11-17/h16,18H,4-15H2,1-3H3. The summed E-state index contributed by atoms with van der Waals surface area (Å²) in [5.41, 5.74) is 0.542. The predicted molar refractivity (Wildman–Crippen MR) is 87.2 cm³/mol. The maximum atomic E-state index is 3.83. The SMILES string of the molecule is CN(C)CCN(C)CC1(CNC2CC2)CCCCCC1. The molecule has 3 heteroatoms. The van der Waals surface area contributed by atoms with Crippen LogP contribution in [0, 0.1) is 5.41 Å². The Labute approximate surface area is 126 Å². The summed E-state index contributed by atoms with van der Waals surface area (Å²) in [7, 11) is 6.65. The maximum absolute atomic E-state index is 3.83. The van der Waals surface area contributed by atoms with Crippen LogP contribution in [-0.4, -0.2) is 63.2 Å². The second kappa shape index (κ2) is 7.77. The molecule has 0 aromatic rings. The zero-order valence-electron chi connectivity index (χ0n) is 14.0. The quantitative estimate of drug-likeness (QED) is 0.690. The topological polar surface area (TPSA) is 18.5 Å². The van der Waals surface area contributed by atoms with Gasteiger partial charge in [-0.15, -0.1) is 0 Å². The molecule has 2 aliphatic carbocycles. The van der Waals surface area contributed by atoms with E-state index in [1.165, 1.54) is 77.5 Å².